The van der Waals surface area contributed by atoms with Crippen molar-refractivity contribution >= 4 is 27.5 Å². The number of hydrazone groups is 1. The zero-order valence-corrected chi connectivity index (χ0v) is 17.4. The lowest BCUT2D eigenvalue weighted by Crippen LogP contribution is -2.25. The first-order valence-corrected chi connectivity index (χ1v) is 9.70. The van der Waals surface area contributed by atoms with E-state index in [-0.39, 0.29) is 12.5 Å². The molecule has 0 saturated carbocycles. The SMILES string of the molecule is CC(=NNC(=O)COc1ccc(Br)c(C)c1)c1ccc(-c2ccccc2)cc1. The van der Waals surface area contributed by atoms with Gasteiger partial charge in [0.2, 0.25) is 0 Å². The summed E-state index contributed by atoms with van der Waals surface area (Å²) in [7, 11) is 0. The van der Waals surface area contributed by atoms with Crippen LogP contribution in [0.5, 0.6) is 5.75 Å². The third-order valence-electron chi connectivity index (χ3n) is 4.26. The number of hydrogen-bond donors (Lipinski definition) is 1. The molecule has 3 rings (SSSR count). The van der Waals surface area contributed by atoms with Crippen molar-refractivity contribution in [3.8, 4) is 16.9 Å². The fraction of sp³-hybridized carbons (Fsp3) is 0.130. The number of carbonyl (C=O) groups excluding carboxylic acids is 1. The van der Waals surface area contributed by atoms with Crippen LogP contribution in [-0.2, 0) is 4.79 Å². The van der Waals surface area contributed by atoms with Gasteiger partial charge in [-0.1, -0.05) is 70.5 Å². The Hall–Kier alpha value is -2.92. The second-order valence-electron chi connectivity index (χ2n) is 6.38. The van der Waals surface area contributed by atoms with E-state index in [1.807, 2.05) is 74.5 Å². The van der Waals surface area contributed by atoms with E-state index in [2.05, 4.69) is 38.6 Å². The summed E-state index contributed by atoms with van der Waals surface area (Å²) in [6.07, 6.45) is 0. The lowest BCUT2D eigenvalue weighted by atomic mass is 10.0. The summed E-state index contributed by atoms with van der Waals surface area (Å²) in [6, 6.07) is 23.8. The van der Waals surface area contributed by atoms with Crippen LogP contribution in [-0.4, -0.2) is 18.2 Å². The van der Waals surface area contributed by atoms with Gasteiger partial charge in [-0.25, -0.2) is 5.43 Å². The highest BCUT2D eigenvalue weighted by Crippen LogP contribution is 2.21. The predicted molar refractivity (Wildman–Crippen MR) is 117 cm³/mol. The van der Waals surface area contributed by atoms with E-state index in [9.17, 15) is 4.79 Å². The molecular formula is C23H21BrN2O2. The van der Waals surface area contributed by atoms with Crippen molar-refractivity contribution in [2.45, 2.75) is 13.8 Å². The number of aryl methyl sites for hydroxylation is 1. The maximum Gasteiger partial charge on any atom is 0.277 e. The average Bonchev–Trinajstić information content (AvgIpc) is 2.73. The summed E-state index contributed by atoms with van der Waals surface area (Å²) >= 11 is 3.44. The molecule has 0 aliphatic carbocycles. The molecule has 4 nitrogen and oxygen atoms in total. The Kier molecular flexibility index (Phi) is 6.61. The Morgan fingerprint density at radius 3 is 2.36 bits per heavy atom. The number of ether oxygens (including phenoxy) is 1. The zero-order chi connectivity index (χ0) is 19.9. The van der Waals surface area contributed by atoms with Gasteiger partial charge in [0, 0.05) is 4.47 Å². The summed E-state index contributed by atoms with van der Waals surface area (Å²) < 4.78 is 6.51. The third kappa shape index (κ3) is 5.30. The van der Waals surface area contributed by atoms with Gasteiger partial charge >= 0.3 is 0 Å². The average molecular weight is 437 g/mol. The van der Waals surface area contributed by atoms with E-state index in [0.717, 1.165) is 32.4 Å². The number of hydrogen-bond acceptors (Lipinski definition) is 3. The molecule has 28 heavy (non-hydrogen) atoms. The van der Waals surface area contributed by atoms with E-state index < -0.39 is 0 Å². The standard InChI is InChI=1S/C23H21BrN2O2/c1-16-14-21(12-13-22(16)24)28-15-23(27)26-25-17(2)18-8-10-20(11-9-18)19-6-4-3-5-7-19/h3-14H,15H2,1-2H3,(H,26,27). The molecule has 5 heteroatoms. The second kappa shape index (κ2) is 9.33. The molecule has 0 spiro atoms. The highest BCUT2D eigenvalue weighted by molar-refractivity contribution is 9.10. The lowest BCUT2D eigenvalue weighted by Gasteiger charge is -2.08. The first-order chi connectivity index (χ1) is 13.5. The van der Waals surface area contributed by atoms with Crippen molar-refractivity contribution in [2.75, 3.05) is 6.61 Å². The molecule has 3 aromatic carbocycles. The normalized spacial score (nSPS) is 11.2. The molecular weight excluding hydrogens is 416 g/mol. The molecule has 1 N–H and O–H groups in total. The molecule has 142 valence electrons. The Bertz CT molecular complexity index is 983. The van der Waals surface area contributed by atoms with Gasteiger partial charge in [0.1, 0.15) is 5.75 Å². The molecule has 0 fully saturated rings. The maximum atomic E-state index is 12.0. The molecule has 3 aromatic rings. The van der Waals surface area contributed by atoms with Gasteiger partial charge in [0.15, 0.2) is 6.61 Å². The number of benzene rings is 3. The molecule has 0 aromatic heterocycles. The molecule has 0 saturated heterocycles. The number of nitrogens with one attached hydrogen (secondary N) is 1. The van der Waals surface area contributed by atoms with Crippen molar-refractivity contribution in [1.82, 2.24) is 5.43 Å². The first-order valence-electron chi connectivity index (χ1n) is 8.91. The molecule has 0 bridgehead atoms. The van der Waals surface area contributed by atoms with Gasteiger partial charge in [0.05, 0.1) is 5.71 Å². The van der Waals surface area contributed by atoms with Crippen LogP contribution in [0.1, 0.15) is 18.1 Å². The van der Waals surface area contributed by atoms with Crippen LogP contribution < -0.4 is 10.2 Å². The van der Waals surface area contributed by atoms with E-state index in [0.29, 0.717) is 5.75 Å². The van der Waals surface area contributed by atoms with E-state index in [1.165, 1.54) is 0 Å². The second-order valence-corrected chi connectivity index (χ2v) is 7.23. The molecule has 0 aliphatic rings. The minimum Gasteiger partial charge on any atom is -0.484 e. The van der Waals surface area contributed by atoms with Gasteiger partial charge in [0.25, 0.3) is 5.91 Å². The van der Waals surface area contributed by atoms with Crippen LogP contribution in [0, 0.1) is 6.92 Å². The summed E-state index contributed by atoms with van der Waals surface area (Å²) in [6.45, 7) is 3.73. The first kappa shape index (κ1) is 19.8. The van der Waals surface area contributed by atoms with Crippen molar-refractivity contribution < 1.29 is 9.53 Å². The van der Waals surface area contributed by atoms with Crippen molar-refractivity contribution in [2.24, 2.45) is 5.10 Å². The van der Waals surface area contributed by atoms with Crippen LogP contribution in [0.25, 0.3) is 11.1 Å². The van der Waals surface area contributed by atoms with Crippen molar-refractivity contribution in [3.05, 3.63) is 88.4 Å². The van der Waals surface area contributed by atoms with E-state index in [1.54, 1.807) is 0 Å². The minimum atomic E-state index is -0.305. The summed E-state index contributed by atoms with van der Waals surface area (Å²) in [5.41, 5.74) is 7.57. The summed E-state index contributed by atoms with van der Waals surface area (Å²) in [4.78, 5) is 12.0. The van der Waals surface area contributed by atoms with Gasteiger partial charge in [-0.3, -0.25) is 4.79 Å². The fourth-order valence-corrected chi connectivity index (χ4v) is 2.88. The molecule has 0 aliphatic heterocycles. The van der Waals surface area contributed by atoms with Crippen molar-refractivity contribution in [1.29, 1.82) is 0 Å². The number of carbonyl (C=O) groups is 1. The maximum absolute atomic E-state index is 12.0. The van der Waals surface area contributed by atoms with Gasteiger partial charge < -0.3 is 4.74 Å². The Balaban J connectivity index is 1.56. The highest BCUT2D eigenvalue weighted by Gasteiger charge is 2.05. The number of rotatable bonds is 6. The number of amides is 1. The fourth-order valence-electron chi connectivity index (χ4n) is 2.63. The number of nitrogens with zero attached hydrogens (tertiary/aromatic N) is 1. The van der Waals surface area contributed by atoms with Gasteiger partial charge in [-0.15, -0.1) is 0 Å². The van der Waals surface area contributed by atoms with Crippen LogP contribution in [0.3, 0.4) is 0 Å². The molecule has 0 radical (unpaired) electrons. The Morgan fingerprint density at radius 1 is 1.00 bits per heavy atom. The third-order valence-corrected chi connectivity index (χ3v) is 5.15. The van der Waals surface area contributed by atoms with Crippen LogP contribution in [0.4, 0.5) is 0 Å². The quantitative estimate of drug-likeness (QED) is 0.418. The van der Waals surface area contributed by atoms with Gasteiger partial charge in [-0.05, 0) is 54.3 Å². The van der Waals surface area contributed by atoms with Crippen LogP contribution in [0.15, 0.2) is 82.4 Å². The molecule has 0 unspecified atom stereocenters. The summed E-state index contributed by atoms with van der Waals surface area (Å²) in [5.74, 6) is 0.342. The van der Waals surface area contributed by atoms with Crippen LogP contribution >= 0.6 is 15.9 Å². The predicted octanol–water partition coefficient (Wildman–Crippen LogP) is 5.34. The Labute approximate surface area is 173 Å². The topological polar surface area (TPSA) is 50.7 Å². The lowest BCUT2D eigenvalue weighted by molar-refractivity contribution is -0.123. The molecule has 0 atom stereocenters. The monoisotopic (exact) mass is 436 g/mol. The van der Waals surface area contributed by atoms with E-state index >= 15 is 0 Å². The summed E-state index contributed by atoms with van der Waals surface area (Å²) in [5, 5.41) is 4.17. The minimum absolute atomic E-state index is 0.0925. The smallest absolute Gasteiger partial charge is 0.277 e. The molecule has 1 amide bonds. The van der Waals surface area contributed by atoms with Gasteiger partial charge in [-0.2, -0.15) is 5.10 Å². The largest absolute Gasteiger partial charge is 0.484 e. The van der Waals surface area contributed by atoms with Crippen LogP contribution in [0.2, 0.25) is 0 Å². The van der Waals surface area contributed by atoms with Crippen molar-refractivity contribution in [3.63, 3.8) is 0 Å². The highest BCUT2D eigenvalue weighted by atomic mass is 79.9. The zero-order valence-electron chi connectivity index (χ0n) is 15.8. The van der Waals surface area contributed by atoms with E-state index in [4.69, 9.17) is 4.74 Å². The Morgan fingerprint density at radius 2 is 1.68 bits per heavy atom. The molecule has 0 heterocycles. The number of halogens is 1.